The fourth-order valence-electron chi connectivity index (χ4n) is 2.63. The maximum absolute atomic E-state index is 12.9. The molecule has 8 nitrogen and oxygen atoms in total. The minimum atomic E-state index is -0.369. The van der Waals surface area contributed by atoms with Crippen LogP contribution in [0.2, 0.25) is 0 Å². The lowest BCUT2D eigenvalue weighted by atomic mass is 10.0. The van der Waals surface area contributed by atoms with E-state index in [0.717, 1.165) is 10.8 Å². The SMILES string of the molecule is CCOc1ccc2ccccc2c1C(=O)Nc1ncn(CC(=O)N(C)C)n1. The minimum Gasteiger partial charge on any atom is -0.493 e. The lowest BCUT2D eigenvalue weighted by molar-refractivity contribution is -0.129. The van der Waals surface area contributed by atoms with Gasteiger partial charge in [-0.25, -0.2) is 9.67 Å². The van der Waals surface area contributed by atoms with Crippen molar-refractivity contribution in [2.45, 2.75) is 13.5 Å². The van der Waals surface area contributed by atoms with Crippen LogP contribution in [0.1, 0.15) is 17.3 Å². The monoisotopic (exact) mass is 367 g/mol. The Labute approximate surface area is 156 Å². The second-order valence-electron chi connectivity index (χ2n) is 6.10. The molecular weight excluding hydrogens is 346 g/mol. The third-order valence-electron chi connectivity index (χ3n) is 3.98. The summed E-state index contributed by atoms with van der Waals surface area (Å²) in [5.41, 5.74) is 0.427. The van der Waals surface area contributed by atoms with Gasteiger partial charge in [-0.15, -0.1) is 5.10 Å². The first-order chi connectivity index (χ1) is 13.0. The molecule has 8 heteroatoms. The molecule has 2 amide bonds. The van der Waals surface area contributed by atoms with Crippen LogP contribution in [0.3, 0.4) is 0 Å². The van der Waals surface area contributed by atoms with Gasteiger partial charge in [0.15, 0.2) is 0 Å². The Hall–Kier alpha value is -3.42. The molecule has 1 aromatic heterocycles. The number of carbonyl (C=O) groups is 2. The molecule has 0 bridgehead atoms. The molecule has 0 atom stereocenters. The Kier molecular flexibility index (Phi) is 5.35. The molecule has 0 saturated heterocycles. The second-order valence-corrected chi connectivity index (χ2v) is 6.10. The highest BCUT2D eigenvalue weighted by Crippen LogP contribution is 2.28. The summed E-state index contributed by atoms with van der Waals surface area (Å²) in [4.78, 5) is 30.2. The normalized spacial score (nSPS) is 10.6. The van der Waals surface area contributed by atoms with Gasteiger partial charge in [-0.2, -0.15) is 0 Å². The molecule has 0 spiro atoms. The van der Waals surface area contributed by atoms with E-state index in [-0.39, 0.29) is 24.3 Å². The van der Waals surface area contributed by atoms with Gasteiger partial charge in [0.05, 0.1) is 12.2 Å². The number of aromatic nitrogens is 3. The maximum atomic E-state index is 12.9. The Bertz CT molecular complexity index is 980. The summed E-state index contributed by atoms with van der Waals surface area (Å²) >= 11 is 0. The topological polar surface area (TPSA) is 89.3 Å². The van der Waals surface area contributed by atoms with Crippen molar-refractivity contribution >= 4 is 28.5 Å². The summed E-state index contributed by atoms with van der Waals surface area (Å²) in [6, 6.07) is 11.3. The first-order valence-electron chi connectivity index (χ1n) is 8.55. The molecule has 0 unspecified atom stereocenters. The van der Waals surface area contributed by atoms with Gasteiger partial charge >= 0.3 is 0 Å². The van der Waals surface area contributed by atoms with Gasteiger partial charge in [-0.05, 0) is 23.8 Å². The summed E-state index contributed by atoms with van der Waals surface area (Å²) in [7, 11) is 3.33. The van der Waals surface area contributed by atoms with E-state index < -0.39 is 0 Å². The average Bonchev–Trinajstić information content (AvgIpc) is 3.08. The van der Waals surface area contributed by atoms with Gasteiger partial charge in [-0.1, -0.05) is 30.3 Å². The van der Waals surface area contributed by atoms with E-state index in [9.17, 15) is 9.59 Å². The molecule has 0 aliphatic rings. The van der Waals surface area contributed by atoms with Crippen molar-refractivity contribution in [2.75, 3.05) is 26.0 Å². The maximum Gasteiger partial charge on any atom is 0.262 e. The molecular formula is C19H21N5O3. The van der Waals surface area contributed by atoms with Crippen molar-refractivity contribution < 1.29 is 14.3 Å². The number of nitrogens with one attached hydrogen (secondary N) is 1. The molecule has 2 aromatic carbocycles. The van der Waals surface area contributed by atoms with Crippen molar-refractivity contribution in [1.82, 2.24) is 19.7 Å². The zero-order valence-electron chi connectivity index (χ0n) is 15.5. The molecule has 3 rings (SSSR count). The lowest BCUT2D eigenvalue weighted by Gasteiger charge is -2.12. The Morgan fingerprint density at radius 3 is 2.70 bits per heavy atom. The van der Waals surface area contributed by atoms with Gasteiger partial charge in [0.2, 0.25) is 11.9 Å². The summed E-state index contributed by atoms with van der Waals surface area (Å²) in [5.74, 6) is 0.134. The van der Waals surface area contributed by atoms with Gasteiger partial charge in [0, 0.05) is 14.1 Å². The van der Waals surface area contributed by atoms with E-state index in [4.69, 9.17) is 4.74 Å². The predicted octanol–water partition coefficient (Wildman–Crippen LogP) is 2.17. The van der Waals surface area contributed by atoms with Crippen LogP contribution < -0.4 is 10.1 Å². The summed E-state index contributed by atoms with van der Waals surface area (Å²) < 4.78 is 7.01. The highest BCUT2D eigenvalue weighted by Gasteiger charge is 2.18. The highest BCUT2D eigenvalue weighted by atomic mass is 16.5. The van der Waals surface area contributed by atoms with Crippen molar-refractivity contribution in [1.29, 1.82) is 0 Å². The van der Waals surface area contributed by atoms with Crippen molar-refractivity contribution in [3.05, 3.63) is 48.3 Å². The van der Waals surface area contributed by atoms with Crippen LogP contribution >= 0.6 is 0 Å². The molecule has 27 heavy (non-hydrogen) atoms. The van der Waals surface area contributed by atoms with E-state index in [1.54, 1.807) is 20.2 Å². The average molecular weight is 367 g/mol. The van der Waals surface area contributed by atoms with Crippen molar-refractivity contribution in [3.63, 3.8) is 0 Å². The van der Waals surface area contributed by atoms with Crippen LogP contribution in [0.4, 0.5) is 5.95 Å². The lowest BCUT2D eigenvalue weighted by Crippen LogP contribution is -2.26. The number of ether oxygens (including phenoxy) is 1. The fraction of sp³-hybridized carbons (Fsp3) is 0.263. The summed E-state index contributed by atoms with van der Waals surface area (Å²) in [6.07, 6.45) is 1.41. The summed E-state index contributed by atoms with van der Waals surface area (Å²) in [5, 5.41) is 8.54. The Morgan fingerprint density at radius 2 is 1.96 bits per heavy atom. The number of fused-ring (bicyclic) bond motifs is 1. The van der Waals surface area contributed by atoms with Gasteiger partial charge in [0.25, 0.3) is 5.91 Å². The van der Waals surface area contributed by atoms with Crippen LogP contribution in [-0.4, -0.2) is 52.2 Å². The number of rotatable bonds is 6. The number of likely N-dealkylation sites (N-methyl/N-ethyl adjacent to an activating group) is 1. The number of amides is 2. The third kappa shape index (κ3) is 4.05. The number of anilines is 1. The highest BCUT2D eigenvalue weighted by molar-refractivity contribution is 6.14. The molecule has 0 aliphatic carbocycles. The molecule has 3 aromatic rings. The standard InChI is InChI=1S/C19H21N5O3/c1-4-27-15-10-9-13-7-5-6-8-14(13)17(15)18(26)21-19-20-12-24(22-19)11-16(25)23(2)3/h5-10,12H,4,11H2,1-3H3,(H,21,22,26). The fourth-order valence-corrected chi connectivity index (χ4v) is 2.63. The van der Waals surface area contributed by atoms with E-state index in [2.05, 4.69) is 15.4 Å². The molecule has 0 saturated carbocycles. The van der Waals surface area contributed by atoms with Crippen LogP contribution in [0.5, 0.6) is 5.75 Å². The van der Waals surface area contributed by atoms with Gasteiger partial charge in [-0.3, -0.25) is 14.9 Å². The van der Waals surface area contributed by atoms with E-state index >= 15 is 0 Å². The minimum absolute atomic E-state index is 0.0499. The third-order valence-corrected chi connectivity index (χ3v) is 3.98. The zero-order valence-corrected chi connectivity index (χ0v) is 15.5. The Morgan fingerprint density at radius 1 is 1.19 bits per heavy atom. The van der Waals surface area contributed by atoms with Crippen LogP contribution in [0.15, 0.2) is 42.7 Å². The Balaban J connectivity index is 1.87. The van der Waals surface area contributed by atoms with Crippen molar-refractivity contribution in [3.8, 4) is 5.75 Å². The zero-order chi connectivity index (χ0) is 19.4. The first kappa shape index (κ1) is 18.4. The summed E-state index contributed by atoms with van der Waals surface area (Å²) in [6.45, 7) is 2.36. The molecule has 140 valence electrons. The molecule has 0 fully saturated rings. The van der Waals surface area contributed by atoms with Crippen molar-refractivity contribution in [2.24, 2.45) is 0 Å². The molecule has 0 aliphatic heterocycles. The number of benzene rings is 2. The van der Waals surface area contributed by atoms with Crippen LogP contribution in [0.25, 0.3) is 10.8 Å². The smallest absolute Gasteiger partial charge is 0.262 e. The predicted molar refractivity (Wildman–Crippen MR) is 102 cm³/mol. The van der Waals surface area contributed by atoms with Crippen LogP contribution in [0, 0.1) is 0 Å². The molecule has 1 heterocycles. The largest absolute Gasteiger partial charge is 0.493 e. The number of carbonyl (C=O) groups excluding carboxylic acids is 2. The van der Waals surface area contributed by atoms with Gasteiger partial charge in [0.1, 0.15) is 18.6 Å². The van der Waals surface area contributed by atoms with Crippen LogP contribution in [-0.2, 0) is 11.3 Å². The number of nitrogens with zero attached hydrogens (tertiary/aromatic N) is 4. The van der Waals surface area contributed by atoms with E-state index in [0.29, 0.717) is 17.9 Å². The quantitative estimate of drug-likeness (QED) is 0.721. The first-order valence-corrected chi connectivity index (χ1v) is 8.55. The second kappa shape index (κ2) is 7.86. The molecule has 1 N–H and O–H groups in total. The number of hydrogen-bond acceptors (Lipinski definition) is 5. The van der Waals surface area contributed by atoms with Gasteiger partial charge < -0.3 is 9.64 Å². The molecule has 0 radical (unpaired) electrons. The van der Waals surface area contributed by atoms with E-state index in [1.165, 1.54) is 15.9 Å². The van der Waals surface area contributed by atoms with E-state index in [1.807, 2.05) is 37.3 Å². The number of hydrogen-bond donors (Lipinski definition) is 1.